The Morgan fingerprint density at radius 2 is 1.76 bits per heavy atom. The number of hydrogen-bond acceptors (Lipinski definition) is 4. The monoisotopic (exact) mass is 239 g/mol. The highest BCUT2D eigenvalue weighted by atomic mass is 16.5. The van der Waals surface area contributed by atoms with Gasteiger partial charge in [-0.3, -0.25) is 4.79 Å². The molecule has 0 aromatic carbocycles. The summed E-state index contributed by atoms with van der Waals surface area (Å²) in [5.74, 6) is -0.850. The molecule has 0 atom stereocenters. The molecule has 0 fully saturated rings. The first-order valence-electron chi connectivity index (χ1n) is 5.87. The molecule has 0 N–H and O–H groups in total. The molecule has 0 amide bonds. The molecule has 0 saturated heterocycles. The molecular weight excluding hydrogens is 218 g/mol. The average molecular weight is 239 g/mol. The number of Topliss-reactive ketones (excluding diaryl/α,β-unsaturated/α-hetero) is 1. The van der Waals surface area contributed by atoms with Crippen molar-refractivity contribution in [3.63, 3.8) is 0 Å². The van der Waals surface area contributed by atoms with Crippen LogP contribution in [0.4, 0.5) is 0 Å². The third-order valence-corrected chi connectivity index (χ3v) is 2.25. The van der Waals surface area contributed by atoms with Crippen LogP contribution < -0.4 is 0 Å². The molecule has 0 bridgehead atoms. The van der Waals surface area contributed by atoms with E-state index in [1.54, 1.807) is 13.0 Å². The maximum absolute atomic E-state index is 11.4. The van der Waals surface area contributed by atoms with Crippen LogP contribution in [0.25, 0.3) is 0 Å². The highest BCUT2D eigenvalue weighted by Gasteiger charge is 2.13. The van der Waals surface area contributed by atoms with Gasteiger partial charge < -0.3 is 9.64 Å². The molecule has 4 nitrogen and oxygen atoms in total. The first-order chi connectivity index (χ1) is 8.06. The van der Waals surface area contributed by atoms with E-state index >= 15 is 0 Å². The number of carbonyl (C=O) groups excluding carboxylic acids is 2. The Labute approximate surface area is 103 Å². The van der Waals surface area contributed by atoms with E-state index in [0.717, 1.165) is 13.1 Å². The minimum Gasteiger partial charge on any atom is -0.462 e. The predicted octanol–water partition coefficient (Wildman–Crippen LogP) is 1.92. The van der Waals surface area contributed by atoms with Crippen LogP contribution >= 0.6 is 0 Å². The number of rotatable bonds is 7. The summed E-state index contributed by atoms with van der Waals surface area (Å²) in [6, 6.07) is 0. The predicted molar refractivity (Wildman–Crippen MR) is 67.5 cm³/mol. The molecule has 0 unspecified atom stereocenters. The summed E-state index contributed by atoms with van der Waals surface area (Å²) < 4.78 is 4.80. The number of ketones is 1. The van der Waals surface area contributed by atoms with E-state index in [1.165, 1.54) is 13.0 Å². The zero-order valence-corrected chi connectivity index (χ0v) is 11.0. The Balaban J connectivity index is 4.72. The van der Waals surface area contributed by atoms with Crippen LogP contribution in [-0.2, 0) is 14.3 Å². The largest absolute Gasteiger partial charge is 0.462 e. The molecule has 0 aromatic rings. The highest BCUT2D eigenvalue weighted by Crippen LogP contribution is 2.01. The number of allylic oxidation sites excluding steroid dienone is 2. The zero-order valence-electron chi connectivity index (χ0n) is 11.0. The molecule has 0 radical (unpaired) electrons. The molecule has 17 heavy (non-hydrogen) atoms. The molecule has 0 spiro atoms. The number of esters is 1. The fourth-order valence-electron chi connectivity index (χ4n) is 1.23. The lowest BCUT2D eigenvalue weighted by Gasteiger charge is -2.13. The summed E-state index contributed by atoms with van der Waals surface area (Å²) in [4.78, 5) is 24.8. The molecule has 0 aliphatic carbocycles. The maximum atomic E-state index is 11.4. The molecule has 0 aliphatic rings. The lowest BCUT2D eigenvalue weighted by atomic mass is 10.2. The van der Waals surface area contributed by atoms with Crippen molar-refractivity contribution in [1.82, 2.24) is 4.90 Å². The summed E-state index contributed by atoms with van der Waals surface area (Å²) in [5.41, 5.74) is 0.0789. The third-order valence-electron chi connectivity index (χ3n) is 2.25. The van der Waals surface area contributed by atoms with Gasteiger partial charge in [0.15, 0.2) is 5.78 Å². The van der Waals surface area contributed by atoms with Gasteiger partial charge in [-0.15, -0.1) is 0 Å². The first-order valence-corrected chi connectivity index (χ1v) is 5.87. The topological polar surface area (TPSA) is 46.6 Å². The lowest BCUT2D eigenvalue weighted by Crippen LogP contribution is -2.15. The van der Waals surface area contributed by atoms with Crippen LogP contribution in [0.5, 0.6) is 0 Å². The van der Waals surface area contributed by atoms with Crippen molar-refractivity contribution in [2.45, 2.75) is 27.7 Å². The highest BCUT2D eigenvalue weighted by molar-refractivity contribution is 6.16. The van der Waals surface area contributed by atoms with Gasteiger partial charge in [0.1, 0.15) is 5.57 Å². The van der Waals surface area contributed by atoms with Crippen molar-refractivity contribution in [2.24, 2.45) is 0 Å². The van der Waals surface area contributed by atoms with Gasteiger partial charge in [0.25, 0.3) is 0 Å². The molecular formula is C13H21NO3. The van der Waals surface area contributed by atoms with Gasteiger partial charge >= 0.3 is 5.97 Å². The van der Waals surface area contributed by atoms with Gasteiger partial charge in [-0.05, 0) is 46.0 Å². The van der Waals surface area contributed by atoms with Crippen LogP contribution in [0.3, 0.4) is 0 Å². The summed E-state index contributed by atoms with van der Waals surface area (Å²) in [6.07, 6.45) is 5.04. The second-order valence-corrected chi connectivity index (χ2v) is 3.42. The van der Waals surface area contributed by atoms with Crippen molar-refractivity contribution in [1.29, 1.82) is 0 Å². The Bertz CT molecular complexity index is 315. The maximum Gasteiger partial charge on any atom is 0.341 e. The standard InChI is InChI=1S/C13H21NO3/c1-5-14(6-2)10-8-9-12(11(4)15)13(16)17-7-3/h8-10H,5-7H2,1-4H3/b10-8+,12-9?. The van der Waals surface area contributed by atoms with Crippen molar-refractivity contribution in [2.75, 3.05) is 19.7 Å². The summed E-state index contributed by atoms with van der Waals surface area (Å²) in [7, 11) is 0. The van der Waals surface area contributed by atoms with E-state index < -0.39 is 5.97 Å². The quantitative estimate of drug-likeness (QED) is 0.224. The van der Waals surface area contributed by atoms with Crippen LogP contribution in [-0.4, -0.2) is 36.3 Å². The van der Waals surface area contributed by atoms with Gasteiger partial charge in [-0.25, -0.2) is 4.79 Å². The van der Waals surface area contributed by atoms with Crippen molar-refractivity contribution < 1.29 is 14.3 Å². The second kappa shape index (κ2) is 8.56. The van der Waals surface area contributed by atoms with E-state index in [1.807, 2.05) is 20.0 Å². The normalized spacial score (nSPS) is 11.6. The summed E-state index contributed by atoms with van der Waals surface area (Å²) >= 11 is 0. The van der Waals surface area contributed by atoms with Crippen molar-refractivity contribution in [3.05, 3.63) is 23.9 Å². The van der Waals surface area contributed by atoms with Crippen molar-refractivity contribution >= 4 is 11.8 Å². The van der Waals surface area contributed by atoms with Crippen molar-refractivity contribution in [3.8, 4) is 0 Å². The third kappa shape index (κ3) is 5.90. The SMILES string of the molecule is CCOC(=O)C(=C/C=C/N(CC)CC)C(C)=O. The second-order valence-electron chi connectivity index (χ2n) is 3.42. The Morgan fingerprint density at radius 1 is 1.18 bits per heavy atom. The first kappa shape index (κ1) is 15.4. The fourth-order valence-corrected chi connectivity index (χ4v) is 1.23. The summed E-state index contributed by atoms with van der Waals surface area (Å²) in [5, 5.41) is 0. The zero-order chi connectivity index (χ0) is 13.3. The molecule has 0 aromatic heterocycles. The van der Waals surface area contributed by atoms with E-state index in [4.69, 9.17) is 4.74 Å². The smallest absolute Gasteiger partial charge is 0.341 e. The van der Waals surface area contributed by atoms with Crippen LogP contribution in [0, 0.1) is 0 Å². The molecule has 0 heterocycles. The molecule has 4 heteroatoms. The molecule has 0 saturated carbocycles. The number of nitrogens with zero attached hydrogens (tertiary/aromatic N) is 1. The van der Waals surface area contributed by atoms with Crippen LogP contribution in [0.1, 0.15) is 27.7 Å². The Hall–Kier alpha value is -1.58. The Kier molecular flexibility index (Phi) is 7.76. The van der Waals surface area contributed by atoms with Gasteiger partial charge in [0.05, 0.1) is 6.61 Å². The number of carbonyl (C=O) groups is 2. The van der Waals surface area contributed by atoms with E-state index in [9.17, 15) is 9.59 Å². The van der Waals surface area contributed by atoms with Crippen LogP contribution in [0.15, 0.2) is 23.9 Å². The van der Waals surface area contributed by atoms with Crippen LogP contribution in [0.2, 0.25) is 0 Å². The number of hydrogen-bond donors (Lipinski definition) is 0. The fraction of sp³-hybridized carbons (Fsp3) is 0.538. The molecule has 96 valence electrons. The van der Waals surface area contributed by atoms with E-state index in [0.29, 0.717) is 0 Å². The van der Waals surface area contributed by atoms with Gasteiger partial charge in [0.2, 0.25) is 0 Å². The minimum absolute atomic E-state index is 0.0789. The van der Waals surface area contributed by atoms with Gasteiger partial charge in [0, 0.05) is 13.1 Å². The molecule has 0 rings (SSSR count). The number of ether oxygens (including phenoxy) is 1. The van der Waals surface area contributed by atoms with Gasteiger partial charge in [-0.2, -0.15) is 0 Å². The summed E-state index contributed by atoms with van der Waals surface area (Å²) in [6.45, 7) is 9.17. The lowest BCUT2D eigenvalue weighted by molar-refractivity contribution is -0.139. The van der Waals surface area contributed by atoms with E-state index in [2.05, 4.69) is 4.90 Å². The average Bonchev–Trinajstić information content (AvgIpc) is 2.29. The molecule has 0 aliphatic heterocycles. The minimum atomic E-state index is -0.566. The van der Waals surface area contributed by atoms with Gasteiger partial charge in [-0.1, -0.05) is 0 Å². The Morgan fingerprint density at radius 3 is 2.18 bits per heavy atom. The van der Waals surface area contributed by atoms with E-state index in [-0.39, 0.29) is 18.0 Å².